The second-order valence-corrected chi connectivity index (χ2v) is 4.12. The maximum absolute atomic E-state index is 9.59. The van der Waals surface area contributed by atoms with Gasteiger partial charge in [-0.3, -0.25) is 0 Å². The van der Waals surface area contributed by atoms with Crippen molar-refractivity contribution in [1.29, 1.82) is 0 Å². The van der Waals surface area contributed by atoms with Crippen molar-refractivity contribution >= 4 is 0 Å². The van der Waals surface area contributed by atoms with Gasteiger partial charge in [0, 0.05) is 6.42 Å². The maximum Gasteiger partial charge on any atom is 0.119 e. The van der Waals surface area contributed by atoms with Gasteiger partial charge in [-0.1, -0.05) is 13.8 Å². The van der Waals surface area contributed by atoms with Gasteiger partial charge in [-0.2, -0.15) is 0 Å². The van der Waals surface area contributed by atoms with Crippen LogP contribution in [0, 0.1) is 5.92 Å². The molecule has 0 aliphatic heterocycles. The van der Waals surface area contributed by atoms with E-state index in [-0.39, 0.29) is 12.0 Å². The summed E-state index contributed by atoms with van der Waals surface area (Å²) in [5, 5.41) is 9.59. The number of hydrogen-bond acceptors (Lipinski definition) is 3. The highest BCUT2D eigenvalue weighted by molar-refractivity contribution is 5.31. The molecule has 1 unspecified atom stereocenters. The molecule has 0 aliphatic carbocycles. The van der Waals surface area contributed by atoms with Gasteiger partial charge in [0.25, 0.3) is 0 Å². The molecule has 0 fully saturated rings. The maximum atomic E-state index is 9.59. The minimum absolute atomic E-state index is 0.277. The van der Waals surface area contributed by atoms with Crippen molar-refractivity contribution in [3.63, 3.8) is 0 Å². The molecule has 1 atom stereocenters. The monoisotopic (exact) mass is 224 g/mol. The molecule has 0 amide bonds. The molecule has 0 aliphatic rings. The standard InChI is InChI=1S/C13H20O3/c1-10(2)13(14)8-9-16-12-6-4-11(15-3)5-7-12/h4-7,10,13-14H,8-9H2,1-3H3. The molecular weight excluding hydrogens is 204 g/mol. The van der Waals surface area contributed by atoms with Crippen LogP contribution in [0.5, 0.6) is 11.5 Å². The minimum atomic E-state index is -0.293. The summed E-state index contributed by atoms with van der Waals surface area (Å²) in [6.45, 7) is 4.53. The van der Waals surface area contributed by atoms with Crippen molar-refractivity contribution in [1.82, 2.24) is 0 Å². The van der Waals surface area contributed by atoms with Gasteiger partial charge in [0.2, 0.25) is 0 Å². The van der Waals surface area contributed by atoms with Crippen LogP contribution >= 0.6 is 0 Å². The molecular formula is C13H20O3. The Morgan fingerprint density at radius 3 is 2.19 bits per heavy atom. The summed E-state index contributed by atoms with van der Waals surface area (Å²) in [5.41, 5.74) is 0. The first-order valence-electron chi connectivity index (χ1n) is 5.58. The zero-order valence-corrected chi connectivity index (χ0v) is 10.1. The van der Waals surface area contributed by atoms with Crippen LogP contribution in [0.3, 0.4) is 0 Å². The first-order valence-corrected chi connectivity index (χ1v) is 5.58. The fraction of sp³-hybridized carbons (Fsp3) is 0.538. The summed E-state index contributed by atoms with van der Waals surface area (Å²) >= 11 is 0. The number of ether oxygens (including phenoxy) is 2. The molecule has 0 aromatic heterocycles. The molecule has 0 saturated heterocycles. The van der Waals surface area contributed by atoms with E-state index < -0.39 is 0 Å². The van der Waals surface area contributed by atoms with Crippen LogP contribution in [-0.2, 0) is 0 Å². The van der Waals surface area contributed by atoms with E-state index >= 15 is 0 Å². The van der Waals surface area contributed by atoms with E-state index in [1.807, 2.05) is 38.1 Å². The van der Waals surface area contributed by atoms with E-state index in [0.29, 0.717) is 13.0 Å². The third kappa shape index (κ3) is 4.11. The Morgan fingerprint density at radius 1 is 1.12 bits per heavy atom. The second-order valence-electron chi connectivity index (χ2n) is 4.12. The lowest BCUT2D eigenvalue weighted by atomic mass is 10.1. The summed E-state index contributed by atoms with van der Waals surface area (Å²) in [6, 6.07) is 7.43. The van der Waals surface area contributed by atoms with Crippen LogP contribution in [-0.4, -0.2) is 24.9 Å². The van der Waals surface area contributed by atoms with Crippen molar-refractivity contribution in [2.45, 2.75) is 26.4 Å². The molecule has 0 radical (unpaired) electrons. The lowest BCUT2D eigenvalue weighted by Gasteiger charge is -2.14. The smallest absolute Gasteiger partial charge is 0.119 e. The number of aliphatic hydroxyl groups is 1. The highest BCUT2D eigenvalue weighted by Gasteiger charge is 2.08. The predicted molar refractivity (Wildman–Crippen MR) is 64.0 cm³/mol. The number of hydrogen-bond donors (Lipinski definition) is 1. The zero-order valence-electron chi connectivity index (χ0n) is 10.1. The quantitative estimate of drug-likeness (QED) is 0.806. The van der Waals surface area contributed by atoms with Gasteiger partial charge in [-0.05, 0) is 30.2 Å². The number of rotatable bonds is 6. The Balaban J connectivity index is 2.31. The van der Waals surface area contributed by atoms with E-state index in [1.54, 1.807) is 7.11 Å². The first-order chi connectivity index (χ1) is 7.63. The van der Waals surface area contributed by atoms with Crippen molar-refractivity contribution in [2.24, 2.45) is 5.92 Å². The highest BCUT2D eigenvalue weighted by Crippen LogP contribution is 2.17. The van der Waals surface area contributed by atoms with Gasteiger partial charge in [-0.25, -0.2) is 0 Å². The molecule has 3 nitrogen and oxygen atoms in total. The molecule has 16 heavy (non-hydrogen) atoms. The van der Waals surface area contributed by atoms with Crippen molar-refractivity contribution in [2.75, 3.05) is 13.7 Å². The van der Waals surface area contributed by atoms with Gasteiger partial charge in [-0.15, -0.1) is 0 Å². The zero-order chi connectivity index (χ0) is 12.0. The normalized spacial score (nSPS) is 12.6. The summed E-state index contributed by atoms with van der Waals surface area (Å²) in [5.74, 6) is 1.89. The van der Waals surface area contributed by atoms with E-state index in [9.17, 15) is 5.11 Å². The van der Waals surface area contributed by atoms with Gasteiger partial charge in [0.1, 0.15) is 11.5 Å². The lowest BCUT2D eigenvalue weighted by molar-refractivity contribution is 0.0976. The average molecular weight is 224 g/mol. The van der Waals surface area contributed by atoms with E-state index in [4.69, 9.17) is 9.47 Å². The van der Waals surface area contributed by atoms with Crippen LogP contribution in [0.25, 0.3) is 0 Å². The molecule has 0 spiro atoms. The van der Waals surface area contributed by atoms with Crippen LogP contribution in [0.15, 0.2) is 24.3 Å². The van der Waals surface area contributed by atoms with Crippen molar-refractivity contribution in [3.05, 3.63) is 24.3 Å². The Bertz CT molecular complexity index is 293. The third-order valence-electron chi connectivity index (χ3n) is 2.51. The minimum Gasteiger partial charge on any atom is -0.497 e. The Kier molecular flexibility index (Phi) is 5.12. The van der Waals surface area contributed by atoms with Crippen molar-refractivity contribution in [3.8, 4) is 11.5 Å². The van der Waals surface area contributed by atoms with Gasteiger partial charge >= 0.3 is 0 Å². The van der Waals surface area contributed by atoms with Crippen LogP contribution in [0.1, 0.15) is 20.3 Å². The molecule has 1 N–H and O–H groups in total. The Labute approximate surface area is 97.0 Å². The van der Waals surface area contributed by atoms with Gasteiger partial charge in [0.15, 0.2) is 0 Å². The molecule has 0 heterocycles. The van der Waals surface area contributed by atoms with Gasteiger partial charge < -0.3 is 14.6 Å². The molecule has 0 saturated carbocycles. The lowest BCUT2D eigenvalue weighted by Crippen LogP contribution is -2.17. The predicted octanol–water partition coefficient (Wildman–Crippen LogP) is 2.48. The largest absolute Gasteiger partial charge is 0.497 e. The fourth-order valence-electron chi connectivity index (χ4n) is 1.30. The molecule has 1 aromatic rings. The van der Waals surface area contributed by atoms with Crippen LogP contribution in [0.2, 0.25) is 0 Å². The average Bonchev–Trinajstić information content (AvgIpc) is 2.29. The summed E-state index contributed by atoms with van der Waals surface area (Å²) < 4.78 is 10.6. The van der Waals surface area contributed by atoms with Crippen molar-refractivity contribution < 1.29 is 14.6 Å². The molecule has 90 valence electrons. The number of benzene rings is 1. The summed E-state index contributed by atoms with van der Waals surface area (Å²) in [6.07, 6.45) is 0.363. The van der Waals surface area contributed by atoms with Crippen LogP contribution < -0.4 is 9.47 Å². The molecule has 3 heteroatoms. The Hall–Kier alpha value is -1.22. The third-order valence-corrected chi connectivity index (χ3v) is 2.51. The van der Waals surface area contributed by atoms with Gasteiger partial charge in [0.05, 0.1) is 19.8 Å². The van der Waals surface area contributed by atoms with Crippen LogP contribution in [0.4, 0.5) is 0 Å². The fourth-order valence-corrected chi connectivity index (χ4v) is 1.30. The molecule has 0 bridgehead atoms. The molecule has 1 rings (SSSR count). The highest BCUT2D eigenvalue weighted by atomic mass is 16.5. The van der Waals surface area contributed by atoms with E-state index in [2.05, 4.69) is 0 Å². The van der Waals surface area contributed by atoms with E-state index in [1.165, 1.54) is 0 Å². The van der Waals surface area contributed by atoms with E-state index in [0.717, 1.165) is 11.5 Å². The summed E-state index contributed by atoms with van der Waals surface area (Å²) in [7, 11) is 1.63. The first kappa shape index (κ1) is 12.8. The molecule has 1 aromatic carbocycles. The second kappa shape index (κ2) is 6.38. The SMILES string of the molecule is COc1ccc(OCCC(O)C(C)C)cc1. The number of methoxy groups -OCH3 is 1. The summed E-state index contributed by atoms with van der Waals surface area (Å²) in [4.78, 5) is 0. The topological polar surface area (TPSA) is 38.7 Å². The number of aliphatic hydroxyl groups excluding tert-OH is 1. The Morgan fingerprint density at radius 2 is 1.69 bits per heavy atom.